The molecule has 0 radical (unpaired) electrons. The van der Waals surface area contributed by atoms with Crippen LogP contribution in [0.25, 0.3) is 0 Å². The number of ether oxygens (including phenoxy) is 1. The first-order valence-corrected chi connectivity index (χ1v) is 13.7. The number of guanidine groups is 2. The normalized spacial score (nSPS) is 28.2. The number of amides is 2. The molecule has 0 saturated carbocycles. The van der Waals surface area contributed by atoms with Crippen LogP contribution in [0, 0.1) is 17.7 Å². The fourth-order valence-corrected chi connectivity index (χ4v) is 6.41. The van der Waals surface area contributed by atoms with E-state index in [-0.39, 0.29) is 41.7 Å². The highest BCUT2D eigenvalue weighted by molar-refractivity contribution is 5.98. The predicted molar refractivity (Wildman–Crippen MR) is 149 cm³/mol. The number of para-hydroxylation sites is 1. The van der Waals surface area contributed by atoms with E-state index >= 15 is 0 Å². The molecule has 4 aliphatic heterocycles. The highest BCUT2D eigenvalue weighted by Gasteiger charge is 2.74. The van der Waals surface area contributed by atoms with E-state index in [1.54, 1.807) is 19.1 Å². The summed E-state index contributed by atoms with van der Waals surface area (Å²) in [6, 6.07) is 3.87. The number of benzene rings is 1. The SMILES string of the molecule is Cc1nccc(C(=O)NC[C@@H]2NC(=N)N3C[C@H](NC(=O)c4cccc5c4OCCC5(C)C)C(O)(O)[C@@]34NC(=N)N[C@@H]24)n1. The molecule has 6 rings (SSSR count). The molecule has 0 unspecified atom stereocenters. The van der Waals surface area contributed by atoms with Gasteiger partial charge in [0, 0.05) is 24.8 Å². The Balaban J connectivity index is 1.26. The van der Waals surface area contributed by atoms with Gasteiger partial charge in [-0.15, -0.1) is 0 Å². The molecule has 1 spiro atoms. The zero-order chi connectivity index (χ0) is 30.0. The van der Waals surface area contributed by atoms with Gasteiger partial charge in [-0.05, 0) is 30.9 Å². The van der Waals surface area contributed by atoms with Gasteiger partial charge in [0.05, 0.1) is 24.3 Å². The zero-order valence-corrected chi connectivity index (χ0v) is 23.4. The molecule has 4 atom stereocenters. The first kappa shape index (κ1) is 27.7. The number of aryl methyl sites for hydroxylation is 1. The van der Waals surface area contributed by atoms with Crippen molar-refractivity contribution < 1.29 is 24.5 Å². The molecular weight excluding hydrogens is 544 g/mol. The highest BCUT2D eigenvalue weighted by Crippen LogP contribution is 2.44. The monoisotopic (exact) mass is 578 g/mol. The topological polar surface area (TPSA) is 221 Å². The van der Waals surface area contributed by atoms with E-state index in [0.29, 0.717) is 18.2 Å². The second kappa shape index (κ2) is 9.52. The number of fused-ring (bicyclic) bond motifs is 1. The van der Waals surface area contributed by atoms with E-state index in [0.717, 1.165) is 12.0 Å². The van der Waals surface area contributed by atoms with Crippen LogP contribution >= 0.6 is 0 Å². The lowest BCUT2D eigenvalue weighted by Crippen LogP contribution is -2.81. The third-order valence-electron chi connectivity index (χ3n) is 8.66. The number of aromatic nitrogens is 2. The van der Waals surface area contributed by atoms with E-state index in [9.17, 15) is 19.8 Å². The van der Waals surface area contributed by atoms with Gasteiger partial charge in [-0.25, -0.2) is 9.97 Å². The van der Waals surface area contributed by atoms with Crippen molar-refractivity contribution in [1.82, 2.24) is 41.5 Å². The second-order valence-electron chi connectivity index (χ2n) is 11.7. The van der Waals surface area contributed by atoms with Crippen molar-refractivity contribution in [2.45, 2.75) is 62.2 Å². The maximum absolute atomic E-state index is 13.6. The molecule has 2 aromatic rings. The van der Waals surface area contributed by atoms with Crippen molar-refractivity contribution >= 4 is 23.7 Å². The molecule has 1 aromatic heterocycles. The third kappa shape index (κ3) is 4.10. The summed E-state index contributed by atoms with van der Waals surface area (Å²) in [7, 11) is 0. The quantitative estimate of drug-likeness (QED) is 0.185. The number of hydrogen-bond donors (Lipinski definition) is 9. The van der Waals surface area contributed by atoms with Gasteiger partial charge in [0.2, 0.25) is 5.79 Å². The Hall–Kier alpha value is -4.50. The van der Waals surface area contributed by atoms with Crippen LogP contribution in [-0.2, 0) is 5.41 Å². The van der Waals surface area contributed by atoms with Gasteiger partial charge >= 0.3 is 0 Å². The highest BCUT2D eigenvalue weighted by atomic mass is 16.5. The smallest absolute Gasteiger partial charge is 0.270 e. The van der Waals surface area contributed by atoms with Gasteiger partial charge in [0.1, 0.15) is 23.3 Å². The van der Waals surface area contributed by atoms with E-state index in [2.05, 4.69) is 50.4 Å². The number of carbonyl (C=O) groups excluding carboxylic acids is 2. The first-order valence-electron chi connectivity index (χ1n) is 13.7. The molecule has 5 heterocycles. The molecule has 42 heavy (non-hydrogen) atoms. The van der Waals surface area contributed by atoms with Crippen molar-refractivity contribution in [3.8, 4) is 5.75 Å². The summed E-state index contributed by atoms with van der Waals surface area (Å²) < 4.78 is 5.89. The first-order chi connectivity index (χ1) is 19.8. The number of hydrogen-bond acceptors (Lipinski definition) is 9. The van der Waals surface area contributed by atoms with Gasteiger partial charge in [0.25, 0.3) is 11.8 Å². The molecule has 3 saturated heterocycles. The molecule has 4 aliphatic rings. The molecule has 9 N–H and O–H groups in total. The van der Waals surface area contributed by atoms with Gasteiger partial charge in [0.15, 0.2) is 17.6 Å². The van der Waals surface area contributed by atoms with Crippen LogP contribution in [0.15, 0.2) is 30.5 Å². The Morgan fingerprint density at radius 1 is 1.19 bits per heavy atom. The maximum Gasteiger partial charge on any atom is 0.270 e. The van der Waals surface area contributed by atoms with E-state index in [1.165, 1.54) is 17.2 Å². The van der Waals surface area contributed by atoms with Crippen LogP contribution < -0.4 is 31.3 Å². The molecule has 15 heteroatoms. The third-order valence-corrected chi connectivity index (χ3v) is 8.66. The minimum absolute atomic E-state index is 0.0388. The van der Waals surface area contributed by atoms with E-state index in [4.69, 9.17) is 15.6 Å². The van der Waals surface area contributed by atoms with Crippen LogP contribution in [0.3, 0.4) is 0 Å². The van der Waals surface area contributed by atoms with E-state index < -0.39 is 41.4 Å². The van der Waals surface area contributed by atoms with Crippen LogP contribution in [-0.4, -0.2) is 98.1 Å². The van der Waals surface area contributed by atoms with Crippen LogP contribution in [0.4, 0.5) is 0 Å². The Bertz CT molecular complexity index is 1500. The van der Waals surface area contributed by atoms with Gasteiger partial charge in [-0.2, -0.15) is 0 Å². The molecule has 3 fully saturated rings. The number of rotatable bonds is 5. The van der Waals surface area contributed by atoms with Crippen molar-refractivity contribution in [2.24, 2.45) is 0 Å². The van der Waals surface area contributed by atoms with Crippen molar-refractivity contribution in [3.63, 3.8) is 0 Å². The minimum atomic E-state index is -2.65. The molecule has 1 aromatic carbocycles. The summed E-state index contributed by atoms with van der Waals surface area (Å²) in [6.07, 6.45) is 2.27. The second-order valence-corrected chi connectivity index (χ2v) is 11.7. The van der Waals surface area contributed by atoms with Crippen molar-refractivity contribution in [3.05, 3.63) is 53.1 Å². The van der Waals surface area contributed by atoms with Gasteiger partial charge < -0.3 is 46.4 Å². The number of aliphatic hydroxyl groups is 2. The largest absolute Gasteiger partial charge is 0.492 e. The Kier molecular flexibility index (Phi) is 6.27. The summed E-state index contributed by atoms with van der Waals surface area (Å²) in [6.45, 7) is 6.09. The predicted octanol–water partition coefficient (Wildman–Crippen LogP) is -1.53. The fraction of sp³-hybridized carbons (Fsp3) is 0.481. The Morgan fingerprint density at radius 2 is 1.98 bits per heavy atom. The fourth-order valence-electron chi connectivity index (χ4n) is 6.41. The minimum Gasteiger partial charge on any atom is -0.492 e. The lowest BCUT2D eigenvalue weighted by molar-refractivity contribution is -0.232. The van der Waals surface area contributed by atoms with Crippen LogP contribution in [0.2, 0.25) is 0 Å². The van der Waals surface area contributed by atoms with Gasteiger partial charge in [-0.1, -0.05) is 26.0 Å². The Morgan fingerprint density at radius 3 is 2.74 bits per heavy atom. The molecular formula is C27H34N10O5. The van der Waals surface area contributed by atoms with Crippen molar-refractivity contribution in [1.29, 1.82) is 10.8 Å². The lowest BCUT2D eigenvalue weighted by Gasteiger charge is -2.51. The number of nitrogens with zero attached hydrogens (tertiary/aromatic N) is 3. The molecule has 222 valence electrons. The summed E-state index contributed by atoms with van der Waals surface area (Å²) >= 11 is 0. The summed E-state index contributed by atoms with van der Waals surface area (Å²) in [5.41, 5.74) is -0.674. The lowest BCUT2D eigenvalue weighted by atomic mass is 9.79. The summed E-state index contributed by atoms with van der Waals surface area (Å²) in [5, 5.41) is 54.7. The standard InChI is InChI=1S/C27H34N10O5/c1-13-30-9-7-16(32-13)22(39)31-11-17-20-26(36-23(28)35-20)27(40,41)18(12-37(26)24(29)33-17)34-21(38)14-5-4-6-15-19(14)42-10-8-25(15,2)3/h4-7,9,17-18,20,40-41H,8,10-12H2,1-3H3,(H2,29,33)(H,31,39)(H,34,38)(H3,28,35,36)/t17-,18-,20-,26-/m0/s1. The summed E-state index contributed by atoms with van der Waals surface area (Å²) in [4.78, 5) is 35.8. The number of nitrogens with one attached hydrogen (secondary N) is 7. The van der Waals surface area contributed by atoms with Crippen LogP contribution in [0.1, 0.15) is 52.5 Å². The number of carbonyl (C=O) groups is 2. The molecule has 15 nitrogen and oxygen atoms in total. The maximum atomic E-state index is 13.6. The molecule has 0 aliphatic carbocycles. The van der Waals surface area contributed by atoms with E-state index in [1.807, 2.05) is 6.07 Å². The average Bonchev–Trinajstić information content (AvgIpc) is 3.40. The zero-order valence-electron chi connectivity index (χ0n) is 23.4. The van der Waals surface area contributed by atoms with Crippen molar-refractivity contribution in [2.75, 3.05) is 19.7 Å². The average molecular weight is 579 g/mol. The summed E-state index contributed by atoms with van der Waals surface area (Å²) in [5.74, 6) is -3.15. The Labute approximate surface area is 241 Å². The van der Waals surface area contributed by atoms with Gasteiger partial charge in [-0.3, -0.25) is 20.4 Å². The molecule has 0 bridgehead atoms. The van der Waals surface area contributed by atoms with Crippen LogP contribution in [0.5, 0.6) is 5.75 Å². The molecule has 2 amide bonds.